The molecule has 1 aliphatic heterocycles. The van der Waals surface area contributed by atoms with E-state index in [-0.39, 0.29) is 40.7 Å². The molecule has 0 aliphatic carbocycles. The van der Waals surface area contributed by atoms with Crippen molar-refractivity contribution in [3.63, 3.8) is 0 Å². The second-order valence-corrected chi connectivity index (χ2v) is 11.7. The summed E-state index contributed by atoms with van der Waals surface area (Å²) in [5.41, 5.74) is 1.85. The van der Waals surface area contributed by atoms with E-state index in [0.29, 0.717) is 32.0 Å². The number of oxazole rings is 1. The average molecular weight is 555 g/mol. The Morgan fingerprint density at radius 3 is 2.56 bits per heavy atom. The van der Waals surface area contributed by atoms with Crippen molar-refractivity contribution in [2.24, 2.45) is 0 Å². The van der Waals surface area contributed by atoms with E-state index < -0.39 is 27.6 Å². The number of fused-ring (bicyclic) bond motifs is 2. The molecule has 0 unspecified atom stereocenters. The highest BCUT2D eigenvalue weighted by Gasteiger charge is 2.30. The maximum absolute atomic E-state index is 14.3. The summed E-state index contributed by atoms with van der Waals surface area (Å²) in [6.45, 7) is 1.38. The van der Waals surface area contributed by atoms with Gasteiger partial charge in [-0.3, -0.25) is 9.69 Å². The Hall–Kier alpha value is -3.67. The van der Waals surface area contributed by atoms with E-state index in [1.807, 2.05) is 43.3 Å². The van der Waals surface area contributed by atoms with Gasteiger partial charge in [-0.05, 0) is 62.8 Å². The smallest absolute Gasteiger partial charge is 0.305 e. The monoisotopic (exact) mass is 554 g/mol. The predicted molar refractivity (Wildman–Crippen MR) is 143 cm³/mol. The van der Waals surface area contributed by atoms with Gasteiger partial charge in [0, 0.05) is 37.3 Å². The highest BCUT2D eigenvalue weighted by molar-refractivity contribution is 7.89. The third-order valence-corrected chi connectivity index (χ3v) is 8.52. The molecule has 8 nitrogen and oxygen atoms in total. The van der Waals surface area contributed by atoms with Crippen LogP contribution in [0.15, 0.2) is 70.0 Å². The first-order valence-corrected chi connectivity index (χ1v) is 14.0. The van der Waals surface area contributed by atoms with Gasteiger partial charge in [0.25, 0.3) is 5.91 Å². The number of rotatable bonds is 8. The number of amides is 1. The molecule has 3 aromatic carbocycles. The minimum atomic E-state index is -3.88. The maximum atomic E-state index is 14.3. The maximum Gasteiger partial charge on any atom is 0.305 e. The number of nitrogens with zero attached hydrogens (tertiary/aromatic N) is 4. The number of hydrogen-bond acceptors (Lipinski definition) is 6. The molecule has 1 aromatic heterocycles. The fourth-order valence-corrected chi connectivity index (χ4v) is 6.12. The van der Waals surface area contributed by atoms with E-state index in [4.69, 9.17) is 4.42 Å². The van der Waals surface area contributed by atoms with E-state index in [0.717, 1.165) is 17.2 Å². The van der Waals surface area contributed by atoms with Crippen LogP contribution in [0.3, 0.4) is 0 Å². The Morgan fingerprint density at radius 1 is 1.03 bits per heavy atom. The molecule has 1 aliphatic rings. The summed E-state index contributed by atoms with van der Waals surface area (Å²) in [5, 5.41) is 0. The summed E-state index contributed by atoms with van der Waals surface area (Å²) in [6, 6.07) is 15.0. The lowest BCUT2D eigenvalue weighted by Crippen LogP contribution is -2.36. The van der Waals surface area contributed by atoms with Crippen LogP contribution < -0.4 is 4.90 Å². The molecule has 1 amide bonds. The SMILES string of the molecule is CN(C)CCCN(C(=O)c1cccc(S(=O)(=O)N2CCc3ccccc3C2)c1)c1nc2c(F)cc(F)cc2o1. The van der Waals surface area contributed by atoms with E-state index in [1.54, 1.807) is 0 Å². The van der Waals surface area contributed by atoms with Crippen LogP contribution in [-0.4, -0.2) is 62.2 Å². The third kappa shape index (κ3) is 5.56. The Morgan fingerprint density at radius 2 is 1.79 bits per heavy atom. The number of anilines is 1. The lowest BCUT2D eigenvalue weighted by Gasteiger charge is -2.28. The largest absolute Gasteiger partial charge is 0.423 e. The Kier molecular flexibility index (Phi) is 7.48. The van der Waals surface area contributed by atoms with Crippen LogP contribution in [0.5, 0.6) is 0 Å². The summed E-state index contributed by atoms with van der Waals surface area (Å²) in [7, 11) is -0.113. The number of carbonyl (C=O) groups is 1. The highest BCUT2D eigenvalue weighted by atomic mass is 32.2. The van der Waals surface area contributed by atoms with Crippen LogP contribution in [-0.2, 0) is 23.0 Å². The average Bonchev–Trinajstić information content (AvgIpc) is 3.34. The van der Waals surface area contributed by atoms with Gasteiger partial charge in [-0.1, -0.05) is 30.3 Å². The summed E-state index contributed by atoms with van der Waals surface area (Å²) < 4.78 is 62.1. The number of benzene rings is 3. The summed E-state index contributed by atoms with van der Waals surface area (Å²) in [4.78, 5) is 21.0. The topological polar surface area (TPSA) is 87.0 Å². The van der Waals surface area contributed by atoms with Crippen molar-refractivity contribution < 1.29 is 26.4 Å². The lowest BCUT2D eigenvalue weighted by molar-refractivity contribution is 0.0980. The summed E-state index contributed by atoms with van der Waals surface area (Å²) in [5.74, 6) is -2.30. The standard InChI is InChI=1S/C28H28F2N4O4S/c1-32(2)12-6-13-34(28-31-26-24(30)16-22(29)17-25(26)38-28)27(35)20-9-5-10-23(15-20)39(36,37)33-14-11-19-7-3-4-8-21(19)18-33/h3-5,7-10,15-17H,6,11-14,18H2,1-2H3. The molecule has 204 valence electrons. The molecular formula is C28H28F2N4O4S. The minimum absolute atomic E-state index is 0.00773. The second-order valence-electron chi connectivity index (χ2n) is 9.73. The van der Waals surface area contributed by atoms with Crippen LogP contribution in [0.2, 0.25) is 0 Å². The van der Waals surface area contributed by atoms with Gasteiger partial charge >= 0.3 is 6.01 Å². The van der Waals surface area contributed by atoms with E-state index in [1.165, 1.54) is 33.5 Å². The van der Waals surface area contributed by atoms with Crippen molar-refractivity contribution >= 4 is 33.0 Å². The predicted octanol–water partition coefficient (Wildman–Crippen LogP) is 4.45. The molecule has 4 aromatic rings. The van der Waals surface area contributed by atoms with Gasteiger partial charge in [0.05, 0.1) is 4.90 Å². The van der Waals surface area contributed by atoms with E-state index >= 15 is 0 Å². The van der Waals surface area contributed by atoms with E-state index in [2.05, 4.69) is 4.98 Å². The molecule has 0 radical (unpaired) electrons. The number of sulfonamides is 1. The Bertz CT molecular complexity index is 1640. The summed E-state index contributed by atoms with van der Waals surface area (Å²) in [6.07, 6.45) is 1.13. The van der Waals surface area contributed by atoms with Crippen LogP contribution >= 0.6 is 0 Å². The van der Waals surface area contributed by atoms with Crippen LogP contribution in [0.25, 0.3) is 11.1 Å². The molecule has 0 spiro atoms. The van der Waals surface area contributed by atoms with E-state index in [9.17, 15) is 22.0 Å². The van der Waals surface area contributed by atoms with Crippen molar-refractivity contribution in [3.8, 4) is 0 Å². The first-order valence-electron chi connectivity index (χ1n) is 12.5. The molecule has 39 heavy (non-hydrogen) atoms. The molecule has 2 heterocycles. The molecule has 11 heteroatoms. The van der Waals surface area contributed by atoms with Gasteiger partial charge in [-0.2, -0.15) is 9.29 Å². The molecule has 0 atom stereocenters. The quantitative estimate of drug-likeness (QED) is 0.320. The van der Waals surface area contributed by atoms with Crippen molar-refractivity contribution in [2.75, 3.05) is 38.6 Å². The first kappa shape index (κ1) is 26.9. The second kappa shape index (κ2) is 10.8. The van der Waals surface area contributed by atoms with Crippen LogP contribution in [0, 0.1) is 11.6 Å². The molecular weight excluding hydrogens is 526 g/mol. The fraction of sp³-hybridized carbons (Fsp3) is 0.286. The first-order chi connectivity index (χ1) is 18.6. The van der Waals surface area contributed by atoms with Crippen molar-refractivity contribution in [3.05, 3.63) is 89.0 Å². The fourth-order valence-electron chi connectivity index (χ4n) is 4.66. The summed E-state index contributed by atoms with van der Waals surface area (Å²) >= 11 is 0. The molecule has 0 saturated heterocycles. The van der Waals surface area contributed by atoms with Gasteiger partial charge in [0.15, 0.2) is 11.4 Å². The number of aromatic nitrogens is 1. The highest BCUT2D eigenvalue weighted by Crippen LogP contribution is 2.28. The normalized spacial score (nSPS) is 14.1. The van der Waals surface area contributed by atoms with Crippen LogP contribution in [0.4, 0.5) is 14.8 Å². The van der Waals surface area contributed by atoms with Crippen molar-refractivity contribution in [2.45, 2.75) is 24.3 Å². The van der Waals surface area contributed by atoms with Gasteiger partial charge < -0.3 is 9.32 Å². The molecule has 0 saturated carbocycles. The van der Waals surface area contributed by atoms with Gasteiger partial charge in [-0.25, -0.2) is 17.2 Å². The number of halogens is 2. The van der Waals surface area contributed by atoms with Crippen molar-refractivity contribution in [1.82, 2.24) is 14.2 Å². The Labute approximate surface area is 225 Å². The third-order valence-electron chi connectivity index (χ3n) is 6.68. The number of hydrogen-bond donors (Lipinski definition) is 0. The zero-order valence-electron chi connectivity index (χ0n) is 21.6. The van der Waals surface area contributed by atoms with Crippen molar-refractivity contribution in [1.29, 1.82) is 0 Å². The van der Waals surface area contributed by atoms with Gasteiger partial charge in [0.2, 0.25) is 10.0 Å². The molecule has 0 bridgehead atoms. The van der Waals surface area contributed by atoms with Gasteiger partial charge in [0.1, 0.15) is 11.3 Å². The zero-order chi connectivity index (χ0) is 27.7. The lowest BCUT2D eigenvalue weighted by atomic mass is 10.0. The van der Waals surface area contributed by atoms with Gasteiger partial charge in [-0.15, -0.1) is 0 Å². The number of carbonyl (C=O) groups excluding carboxylic acids is 1. The Balaban J connectivity index is 1.46. The van der Waals surface area contributed by atoms with Crippen LogP contribution in [0.1, 0.15) is 27.9 Å². The molecule has 5 rings (SSSR count). The minimum Gasteiger partial charge on any atom is -0.423 e. The molecule has 0 fully saturated rings. The zero-order valence-corrected chi connectivity index (χ0v) is 22.4. The molecule has 0 N–H and O–H groups in total.